The Bertz CT molecular complexity index is 502. The third kappa shape index (κ3) is 8.41. The minimum absolute atomic E-state index is 0. The van der Waals surface area contributed by atoms with E-state index >= 15 is 0 Å². The molecule has 0 aliphatic rings. The summed E-state index contributed by atoms with van der Waals surface area (Å²) < 4.78 is 23.8. The molecule has 19 heavy (non-hydrogen) atoms. The number of carbonyl (C=O) groups is 1. The smallest absolute Gasteiger partial charge is 0.224 e. The lowest BCUT2D eigenvalue weighted by Gasteiger charge is -2.06. The molecule has 1 amide bonds. The molecule has 1 aromatic carbocycles. The highest BCUT2D eigenvalue weighted by molar-refractivity contribution is 7.88. The van der Waals surface area contributed by atoms with Gasteiger partial charge in [-0.3, -0.25) is 4.79 Å². The van der Waals surface area contributed by atoms with Gasteiger partial charge < -0.3 is 11.1 Å². The monoisotopic (exact) mass is 307 g/mol. The van der Waals surface area contributed by atoms with Crippen molar-refractivity contribution in [2.45, 2.75) is 6.42 Å². The number of carbonyl (C=O) groups excluding carboxylic acids is 1. The van der Waals surface area contributed by atoms with E-state index in [1.54, 1.807) is 24.3 Å². The maximum atomic E-state index is 11.5. The van der Waals surface area contributed by atoms with Gasteiger partial charge >= 0.3 is 0 Å². The van der Waals surface area contributed by atoms with Crippen LogP contribution in [0.15, 0.2) is 24.3 Å². The summed E-state index contributed by atoms with van der Waals surface area (Å²) in [6.45, 7) is 0.452. The average molecular weight is 308 g/mol. The molecule has 0 aliphatic carbocycles. The Labute approximate surface area is 119 Å². The summed E-state index contributed by atoms with van der Waals surface area (Å²) in [6.07, 6.45) is 1.32. The van der Waals surface area contributed by atoms with Gasteiger partial charge in [0, 0.05) is 18.8 Å². The molecule has 4 N–H and O–H groups in total. The second kappa shape index (κ2) is 7.98. The van der Waals surface area contributed by atoms with Gasteiger partial charge in [0.1, 0.15) is 0 Å². The van der Waals surface area contributed by atoms with Gasteiger partial charge in [0.05, 0.1) is 12.7 Å². The Hall–Kier alpha value is -1.31. The van der Waals surface area contributed by atoms with Crippen molar-refractivity contribution < 1.29 is 13.2 Å². The van der Waals surface area contributed by atoms with Gasteiger partial charge in [-0.15, -0.1) is 12.4 Å². The molecule has 0 aromatic heterocycles. The van der Waals surface area contributed by atoms with E-state index in [4.69, 9.17) is 5.73 Å². The number of nitrogens with two attached hydrogens (primary N) is 1. The van der Waals surface area contributed by atoms with Crippen molar-refractivity contribution in [2.75, 3.05) is 25.1 Å². The minimum atomic E-state index is -3.20. The summed E-state index contributed by atoms with van der Waals surface area (Å²) >= 11 is 0. The van der Waals surface area contributed by atoms with Gasteiger partial charge in [0.15, 0.2) is 0 Å². The predicted octanol–water partition coefficient (Wildman–Crippen LogP) is -0.101. The van der Waals surface area contributed by atoms with Crippen molar-refractivity contribution in [3.8, 4) is 0 Å². The Morgan fingerprint density at radius 1 is 1.21 bits per heavy atom. The fourth-order valence-electron chi connectivity index (χ4n) is 1.32. The third-order valence-corrected chi connectivity index (χ3v) is 2.88. The minimum Gasteiger partial charge on any atom is -0.399 e. The zero-order valence-electron chi connectivity index (χ0n) is 10.5. The van der Waals surface area contributed by atoms with Crippen LogP contribution < -0.4 is 15.8 Å². The van der Waals surface area contributed by atoms with Crippen LogP contribution in [0, 0.1) is 0 Å². The second-order valence-electron chi connectivity index (χ2n) is 3.93. The first-order valence-corrected chi connectivity index (χ1v) is 7.32. The van der Waals surface area contributed by atoms with Crippen LogP contribution in [0.5, 0.6) is 0 Å². The van der Waals surface area contributed by atoms with Crippen molar-refractivity contribution in [2.24, 2.45) is 0 Å². The lowest BCUT2D eigenvalue weighted by Crippen LogP contribution is -2.34. The van der Waals surface area contributed by atoms with E-state index in [1.807, 2.05) is 0 Å². The number of anilines is 1. The largest absolute Gasteiger partial charge is 0.399 e. The molecule has 108 valence electrons. The Kier molecular flexibility index (Phi) is 7.43. The predicted molar refractivity (Wildman–Crippen MR) is 77.7 cm³/mol. The van der Waals surface area contributed by atoms with Crippen molar-refractivity contribution in [3.63, 3.8) is 0 Å². The summed E-state index contributed by atoms with van der Waals surface area (Å²) in [5.74, 6) is -0.157. The van der Waals surface area contributed by atoms with Crippen molar-refractivity contribution >= 4 is 34.0 Å². The highest BCUT2D eigenvalue weighted by Crippen LogP contribution is 2.05. The SMILES string of the molecule is CS(=O)(=O)NCCNC(=O)Cc1ccc(N)cc1.Cl. The van der Waals surface area contributed by atoms with Crippen molar-refractivity contribution in [1.82, 2.24) is 10.0 Å². The van der Waals surface area contributed by atoms with Crippen LogP contribution in [0.4, 0.5) is 5.69 Å². The molecule has 8 heteroatoms. The number of hydrogen-bond acceptors (Lipinski definition) is 4. The van der Waals surface area contributed by atoms with Gasteiger partial charge in [0.25, 0.3) is 0 Å². The first kappa shape index (κ1) is 17.7. The van der Waals surface area contributed by atoms with Crippen LogP contribution in [0.2, 0.25) is 0 Å². The van der Waals surface area contributed by atoms with Crippen LogP contribution in [0.1, 0.15) is 5.56 Å². The Morgan fingerprint density at radius 3 is 2.32 bits per heavy atom. The molecule has 0 saturated carbocycles. The van der Waals surface area contributed by atoms with Gasteiger partial charge in [-0.25, -0.2) is 13.1 Å². The molecule has 1 rings (SSSR count). The number of benzene rings is 1. The van der Waals surface area contributed by atoms with Gasteiger partial charge in [-0.1, -0.05) is 12.1 Å². The molecule has 0 unspecified atom stereocenters. The molecule has 0 aliphatic heterocycles. The number of hydrogen-bond donors (Lipinski definition) is 3. The Morgan fingerprint density at radius 2 is 1.79 bits per heavy atom. The standard InChI is InChI=1S/C11H17N3O3S.ClH/c1-18(16,17)14-7-6-13-11(15)8-9-2-4-10(12)5-3-9;/h2-5,14H,6-8,12H2,1H3,(H,13,15);1H. The van der Waals surface area contributed by atoms with E-state index in [1.165, 1.54) is 0 Å². The van der Waals surface area contributed by atoms with Gasteiger partial charge in [0.2, 0.25) is 15.9 Å². The van der Waals surface area contributed by atoms with Crippen LogP contribution >= 0.6 is 12.4 Å². The molecule has 6 nitrogen and oxygen atoms in total. The maximum absolute atomic E-state index is 11.5. The summed E-state index contributed by atoms with van der Waals surface area (Å²) in [4.78, 5) is 11.5. The normalized spacial score (nSPS) is 10.6. The van der Waals surface area contributed by atoms with E-state index < -0.39 is 10.0 Å². The average Bonchev–Trinajstić information content (AvgIpc) is 2.26. The molecular weight excluding hydrogens is 290 g/mol. The molecule has 0 spiro atoms. The fraction of sp³-hybridized carbons (Fsp3) is 0.364. The molecule has 0 bridgehead atoms. The zero-order chi connectivity index (χ0) is 13.6. The van der Waals surface area contributed by atoms with Crippen LogP contribution in [0.3, 0.4) is 0 Å². The zero-order valence-corrected chi connectivity index (χ0v) is 12.2. The van der Waals surface area contributed by atoms with Gasteiger partial charge in [-0.2, -0.15) is 0 Å². The van der Waals surface area contributed by atoms with E-state index in [-0.39, 0.29) is 37.8 Å². The first-order valence-electron chi connectivity index (χ1n) is 5.42. The molecule has 0 atom stereocenters. The van der Waals surface area contributed by atoms with E-state index in [0.29, 0.717) is 5.69 Å². The van der Waals surface area contributed by atoms with E-state index in [0.717, 1.165) is 11.8 Å². The number of nitrogens with one attached hydrogen (secondary N) is 2. The summed E-state index contributed by atoms with van der Waals surface area (Å²) in [5.41, 5.74) is 7.04. The molecule has 0 fully saturated rings. The number of sulfonamides is 1. The van der Waals surface area contributed by atoms with Crippen LogP contribution in [0.25, 0.3) is 0 Å². The summed E-state index contributed by atoms with van der Waals surface area (Å²) in [5, 5.41) is 2.62. The molecule has 0 saturated heterocycles. The molecular formula is C11H18ClN3O3S. The molecule has 1 aromatic rings. The van der Waals surface area contributed by atoms with E-state index in [2.05, 4.69) is 10.0 Å². The number of halogens is 1. The quantitative estimate of drug-likeness (QED) is 0.504. The second-order valence-corrected chi connectivity index (χ2v) is 5.77. The summed E-state index contributed by atoms with van der Waals surface area (Å²) in [6, 6.07) is 7.02. The lowest BCUT2D eigenvalue weighted by molar-refractivity contribution is -0.120. The molecule has 0 radical (unpaired) electrons. The third-order valence-electron chi connectivity index (χ3n) is 2.16. The van der Waals surface area contributed by atoms with Crippen molar-refractivity contribution in [3.05, 3.63) is 29.8 Å². The lowest BCUT2D eigenvalue weighted by atomic mass is 10.1. The topological polar surface area (TPSA) is 101 Å². The first-order chi connectivity index (χ1) is 8.37. The van der Waals surface area contributed by atoms with Crippen LogP contribution in [-0.4, -0.2) is 33.7 Å². The number of amides is 1. The molecule has 0 heterocycles. The van der Waals surface area contributed by atoms with Crippen LogP contribution in [-0.2, 0) is 21.2 Å². The highest BCUT2D eigenvalue weighted by Gasteiger charge is 2.03. The van der Waals surface area contributed by atoms with E-state index in [9.17, 15) is 13.2 Å². The van der Waals surface area contributed by atoms with Crippen molar-refractivity contribution in [1.29, 1.82) is 0 Å². The Balaban J connectivity index is 0.00000324. The number of rotatable bonds is 6. The summed E-state index contributed by atoms with van der Waals surface area (Å²) in [7, 11) is -3.20. The fourth-order valence-corrected chi connectivity index (χ4v) is 1.79. The highest BCUT2D eigenvalue weighted by atomic mass is 35.5. The number of nitrogen functional groups attached to an aromatic ring is 1. The van der Waals surface area contributed by atoms with Gasteiger partial charge in [-0.05, 0) is 17.7 Å². The maximum Gasteiger partial charge on any atom is 0.224 e.